The van der Waals surface area contributed by atoms with Crippen LogP contribution in [0, 0.1) is 5.82 Å². The molecule has 2 aliphatic rings. The van der Waals surface area contributed by atoms with E-state index in [4.69, 9.17) is 9.72 Å². The van der Waals surface area contributed by atoms with Crippen molar-refractivity contribution < 1.29 is 19.0 Å². The van der Waals surface area contributed by atoms with Crippen molar-refractivity contribution in [3.63, 3.8) is 0 Å². The van der Waals surface area contributed by atoms with Crippen LogP contribution in [0.5, 0.6) is 0 Å². The molecule has 2 fully saturated rings. The van der Waals surface area contributed by atoms with Crippen LogP contribution in [0.4, 0.5) is 15.1 Å². The highest BCUT2D eigenvalue weighted by molar-refractivity contribution is 7.15. The first-order chi connectivity index (χ1) is 17.1. The summed E-state index contributed by atoms with van der Waals surface area (Å²) in [7, 11) is 0. The Labute approximate surface area is 213 Å². The van der Waals surface area contributed by atoms with Crippen LogP contribution in [0.25, 0.3) is 21.8 Å². The van der Waals surface area contributed by atoms with Gasteiger partial charge in [0.15, 0.2) is 0 Å². The second-order valence-corrected chi connectivity index (χ2v) is 11.4. The molecule has 36 heavy (non-hydrogen) atoms. The number of hydrogen-bond acceptors (Lipinski definition) is 8. The first-order valence-electron chi connectivity index (χ1n) is 12.2. The van der Waals surface area contributed by atoms with E-state index >= 15 is 0 Å². The largest absolute Gasteiger partial charge is 0.444 e. The van der Waals surface area contributed by atoms with E-state index in [0.717, 1.165) is 12.8 Å². The zero-order valence-corrected chi connectivity index (χ0v) is 21.4. The van der Waals surface area contributed by atoms with Crippen molar-refractivity contribution in [2.75, 3.05) is 18.4 Å². The van der Waals surface area contributed by atoms with Crippen molar-refractivity contribution in [1.29, 1.82) is 0 Å². The number of carbonyl (C=O) groups is 1. The van der Waals surface area contributed by atoms with Gasteiger partial charge in [-0.25, -0.2) is 24.1 Å². The summed E-state index contributed by atoms with van der Waals surface area (Å²) in [6.45, 7) is 6.14. The quantitative estimate of drug-likeness (QED) is 0.486. The van der Waals surface area contributed by atoms with E-state index in [1.165, 1.54) is 17.4 Å². The molecule has 3 heterocycles. The number of thiazole rings is 1. The Kier molecular flexibility index (Phi) is 6.42. The van der Waals surface area contributed by atoms with E-state index in [-0.39, 0.29) is 0 Å². The van der Waals surface area contributed by atoms with Gasteiger partial charge in [0.1, 0.15) is 22.0 Å². The van der Waals surface area contributed by atoms with Crippen LogP contribution in [0.15, 0.2) is 36.5 Å². The van der Waals surface area contributed by atoms with Gasteiger partial charge in [0.2, 0.25) is 5.95 Å². The molecule has 2 aromatic heterocycles. The molecule has 0 radical (unpaired) electrons. The standard InChI is InChI=1S/C26H30FN5O3S/c1-25(2,3)35-24(33)32-14-11-26(34,12-15-32)22-31-20(17-6-4-5-7-18(17)27)21(36-22)19-10-13-28-23(30-19)29-16-8-9-16/h4-7,10,13,16,34H,8-9,11-12,14-15H2,1-3H3,(H,28,29,30). The smallest absolute Gasteiger partial charge is 0.410 e. The van der Waals surface area contributed by atoms with Crippen molar-refractivity contribution in [3.8, 4) is 21.8 Å². The summed E-state index contributed by atoms with van der Waals surface area (Å²) in [6, 6.07) is 8.63. The average molecular weight is 512 g/mol. The molecule has 1 aromatic carbocycles. The predicted octanol–water partition coefficient (Wildman–Crippen LogP) is 5.20. The summed E-state index contributed by atoms with van der Waals surface area (Å²) < 4.78 is 20.3. The molecule has 0 bridgehead atoms. The maximum absolute atomic E-state index is 14.9. The number of likely N-dealkylation sites (tertiary alicyclic amines) is 1. The fourth-order valence-corrected chi connectivity index (χ4v) is 5.29. The molecule has 0 unspecified atom stereocenters. The lowest BCUT2D eigenvalue weighted by Gasteiger charge is -2.37. The molecule has 3 aromatic rings. The van der Waals surface area contributed by atoms with Crippen LogP contribution in [-0.2, 0) is 10.3 Å². The summed E-state index contributed by atoms with van der Waals surface area (Å²) in [5.41, 5.74) is -0.435. The van der Waals surface area contributed by atoms with Crippen LogP contribution >= 0.6 is 11.3 Å². The lowest BCUT2D eigenvalue weighted by Crippen LogP contribution is -2.46. The number of hydrogen-bond donors (Lipinski definition) is 2. The van der Waals surface area contributed by atoms with Gasteiger partial charge in [-0.15, -0.1) is 11.3 Å². The molecule has 1 saturated carbocycles. The minimum absolute atomic E-state index is 0.300. The number of carbonyl (C=O) groups excluding carboxylic acids is 1. The number of benzene rings is 1. The molecule has 190 valence electrons. The number of nitrogens with one attached hydrogen (secondary N) is 1. The highest BCUT2D eigenvalue weighted by atomic mass is 32.1. The molecule has 0 atom stereocenters. The average Bonchev–Trinajstić information content (AvgIpc) is 3.52. The number of halogens is 1. The van der Waals surface area contributed by atoms with Crippen LogP contribution in [-0.4, -0.2) is 55.8 Å². The van der Waals surface area contributed by atoms with Gasteiger partial charge >= 0.3 is 6.09 Å². The number of anilines is 1. The first kappa shape index (κ1) is 24.6. The monoisotopic (exact) mass is 511 g/mol. The zero-order chi connectivity index (χ0) is 25.5. The summed E-state index contributed by atoms with van der Waals surface area (Å²) >= 11 is 1.30. The lowest BCUT2D eigenvalue weighted by molar-refractivity contribution is -0.0356. The first-order valence-corrected chi connectivity index (χ1v) is 13.0. The number of ether oxygens (including phenoxy) is 1. The van der Waals surface area contributed by atoms with E-state index in [2.05, 4.69) is 15.3 Å². The van der Waals surface area contributed by atoms with E-state index in [0.29, 0.717) is 64.8 Å². The van der Waals surface area contributed by atoms with Gasteiger partial charge in [0.05, 0.1) is 16.3 Å². The van der Waals surface area contributed by atoms with Crippen molar-refractivity contribution >= 4 is 23.4 Å². The second kappa shape index (κ2) is 9.40. The molecule has 1 amide bonds. The van der Waals surface area contributed by atoms with Crippen molar-refractivity contribution in [2.45, 2.75) is 63.7 Å². The maximum atomic E-state index is 14.9. The van der Waals surface area contributed by atoms with E-state index in [1.54, 1.807) is 35.4 Å². The van der Waals surface area contributed by atoms with Gasteiger partial charge in [-0.1, -0.05) is 12.1 Å². The van der Waals surface area contributed by atoms with E-state index in [9.17, 15) is 14.3 Å². The number of rotatable bonds is 5. The SMILES string of the molecule is CC(C)(C)OC(=O)N1CCC(O)(c2nc(-c3ccccc3F)c(-c3ccnc(NC4CC4)n3)s2)CC1. The highest BCUT2D eigenvalue weighted by Gasteiger charge is 2.40. The molecule has 0 spiro atoms. The van der Waals surface area contributed by atoms with E-state index < -0.39 is 23.1 Å². The zero-order valence-electron chi connectivity index (χ0n) is 20.6. The van der Waals surface area contributed by atoms with Crippen molar-refractivity contribution in [3.05, 3.63) is 47.4 Å². The second-order valence-electron chi connectivity index (χ2n) is 10.4. The molecule has 10 heteroatoms. The Morgan fingerprint density at radius 1 is 1.19 bits per heavy atom. The number of aliphatic hydroxyl groups is 1. The summed E-state index contributed by atoms with van der Waals surface area (Å²) in [6.07, 6.45) is 4.06. The van der Waals surface area contributed by atoms with Crippen molar-refractivity contribution in [2.24, 2.45) is 0 Å². The number of amides is 1. The third-order valence-corrected chi connectivity index (χ3v) is 7.47. The molecule has 1 saturated heterocycles. The van der Waals surface area contributed by atoms with Crippen molar-refractivity contribution in [1.82, 2.24) is 19.9 Å². The Morgan fingerprint density at radius 3 is 2.58 bits per heavy atom. The third-order valence-electron chi connectivity index (χ3n) is 6.20. The maximum Gasteiger partial charge on any atom is 0.410 e. The van der Waals surface area contributed by atoms with Crippen LogP contribution in [0.2, 0.25) is 0 Å². The van der Waals surface area contributed by atoms with Gasteiger partial charge < -0.3 is 20.1 Å². The fraction of sp³-hybridized carbons (Fsp3) is 0.462. The Morgan fingerprint density at radius 2 is 1.92 bits per heavy atom. The van der Waals surface area contributed by atoms with E-state index in [1.807, 2.05) is 20.8 Å². The molecule has 2 N–H and O–H groups in total. The summed E-state index contributed by atoms with van der Waals surface area (Å²) in [5, 5.41) is 15.4. The Balaban J connectivity index is 1.46. The minimum Gasteiger partial charge on any atom is -0.444 e. The number of piperidine rings is 1. The minimum atomic E-state index is -1.25. The normalized spacial score (nSPS) is 17.6. The van der Waals surface area contributed by atoms with Gasteiger partial charge in [-0.2, -0.15) is 0 Å². The third kappa shape index (κ3) is 5.34. The number of aromatic nitrogens is 3. The van der Waals surface area contributed by atoms with Crippen LogP contribution in [0.3, 0.4) is 0 Å². The summed E-state index contributed by atoms with van der Waals surface area (Å²) in [5.74, 6) is 0.126. The highest BCUT2D eigenvalue weighted by Crippen LogP contribution is 2.43. The topological polar surface area (TPSA) is 100 Å². The molecule has 1 aliphatic carbocycles. The molecular weight excluding hydrogens is 481 g/mol. The Hall–Kier alpha value is -3.11. The van der Waals surface area contributed by atoms with Gasteiger partial charge in [0, 0.05) is 43.7 Å². The molecule has 8 nitrogen and oxygen atoms in total. The number of nitrogens with zero attached hydrogens (tertiary/aromatic N) is 4. The van der Waals surface area contributed by atoms with Crippen LogP contribution < -0.4 is 5.32 Å². The van der Waals surface area contributed by atoms with Gasteiger partial charge in [0.25, 0.3) is 0 Å². The van der Waals surface area contributed by atoms with Gasteiger partial charge in [-0.3, -0.25) is 0 Å². The lowest BCUT2D eigenvalue weighted by atomic mass is 9.92. The molecule has 5 rings (SSSR count). The fourth-order valence-electron chi connectivity index (χ4n) is 4.09. The molecular formula is C26H30FN5O3S. The van der Waals surface area contributed by atoms with Gasteiger partial charge in [-0.05, 0) is 51.8 Å². The molecule has 1 aliphatic heterocycles. The Bertz CT molecular complexity index is 1260. The predicted molar refractivity (Wildman–Crippen MR) is 136 cm³/mol. The summed E-state index contributed by atoms with van der Waals surface area (Å²) in [4.78, 5) is 28.5. The van der Waals surface area contributed by atoms with Crippen LogP contribution in [0.1, 0.15) is 51.5 Å².